The van der Waals surface area contributed by atoms with Crippen LogP contribution in [0.4, 0.5) is 26.3 Å². The molecule has 0 fully saturated rings. The van der Waals surface area contributed by atoms with E-state index in [1.807, 2.05) is 51.1 Å². The molecule has 0 saturated carbocycles. The van der Waals surface area contributed by atoms with Gasteiger partial charge in [0.25, 0.3) is 5.60 Å². The zero-order valence-corrected chi connectivity index (χ0v) is 25.3. The maximum absolute atomic E-state index is 13.1. The molecule has 0 atom stereocenters. The van der Waals surface area contributed by atoms with E-state index >= 15 is 0 Å². The van der Waals surface area contributed by atoms with Crippen LogP contribution >= 0.6 is 11.6 Å². The lowest BCUT2D eigenvalue weighted by Gasteiger charge is -2.34. The molecular formula is C33H35ClF6O3. The van der Waals surface area contributed by atoms with Gasteiger partial charge in [0.05, 0.1) is 13.7 Å². The molecule has 0 aromatic heterocycles. The summed E-state index contributed by atoms with van der Waals surface area (Å²) in [6.45, 7) is 8.07. The summed E-state index contributed by atoms with van der Waals surface area (Å²) in [5.74, 6) is 0. The number of aryl methyl sites for hydroxylation is 2. The number of alkyl halides is 6. The Labute approximate surface area is 253 Å². The number of hydrogen-bond donors (Lipinski definition) is 1. The van der Waals surface area contributed by atoms with Gasteiger partial charge in [-0.05, 0) is 83.3 Å². The van der Waals surface area contributed by atoms with Crippen LogP contribution < -0.4 is 0 Å². The summed E-state index contributed by atoms with van der Waals surface area (Å²) < 4.78 is 78.8. The van der Waals surface area contributed by atoms with Gasteiger partial charge in [-0.15, -0.1) is 0 Å². The minimum Gasteiger partial charge on any atom is -0.370 e. The van der Waals surface area contributed by atoms with Crippen LogP contribution in [-0.4, -0.2) is 36.8 Å². The van der Waals surface area contributed by atoms with Crippen molar-refractivity contribution in [2.75, 3.05) is 13.7 Å². The summed E-state index contributed by atoms with van der Waals surface area (Å²) >= 11 is 6.53. The summed E-state index contributed by atoms with van der Waals surface area (Å²) in [7, 11) is 1.45. The lowest BCUT2D eigenvalue weighted by Crippen LogP contribution is -2.55. The quantitative estimate of drug-likeness (QED) is 0.0994. The third-order valence-corrected chi connectivity index (χ3v) is 8.47. The molecule has 0 bridgehead atoms. The largest absolute Gasteiger partial charge is 0.430 e. The molecular weight excluding hydrogens is 594 g/mol. The van der Waals surface area contributed by atoms with Crippen molar-refractivity contribution in [3.63, 3.8) is 0 Å². The minimum atomic E-state index is -5.93. The van der Waals surface area contributed by atoms with Gasteiger partial charge in [0.1, 0.15) is 0 Å². The first-order valence-electron chi connectivity index (χ1n) is 13.8. The van der Waals surface area contributed by atoms with Crippen LogP contribution in [0, 0.1) is 13.8 Å². The number of hydrogen-bond acceptors (Lipinski definition) is 3. The Morgan fingerprint density at radius 2 is 1.40 bits per heavy atom. The van der Waals surface area contributed by atoms with E-state index in [2.05, 4.69) is 11.0 Å². The van der Waals surface area contributed by atoms with Gasteiger partial charge in [-0.25, -0.2) is 9.78 Å². The average molecular weight is 629 g/mol. The summed E-state index contributed by atoms with van der Waals surface area (Å²) in [5.41, 5.74) is 1.02. The van der Waals surface area contributed by atoms with Crippen molar-refractivity contribution < 1.29 is 41.2 Å². The van der Waals surface area contributed by atoms with Crippen molar-refractivity contribution in [3.05, 3.63) is 99.1 Å². The standard InChI is InChI=1S/C33H35ClF6O3/c1-6-30(7-2,26-11-10-23(21(3)18-26)14-16-31(41,32(35,36)37)33(38,39)40)27-12-13-28(22(4)19-27)25-9-8-24(29(34)20-25)15-17-43-42-5/h8-14,16,18-20,41H,6-7,15,17H2,1-5H3/b16-14+. The van der Waals surface area contributed by atoms with E-state index in [0.29, 0.717) is 42.5 Å². The second-order valence-electron chi connectivity index (χ2n) is 10.5. The Kier molecular flexibility index (Phi) is 10.8. The van der Waals surface area contributed by atoms with Crippen molar-refractivity contribution in [1.82, 2.24) is 0 Å². The number of aliphatic hydroxyl groups is 1. The first-order chi connectivity index (χ1) is 20.0. The van der Waals surface area contributed by atoms with Gasteiger partial charge in [0, 0.05) is 16.9 Å². The summed E-state index contributed by atoms with van der Waals surface area (Å²) in [6.07, 6.45) is -9.43. The molecule has 3 rings (SSSR count). The van der Waals surface area contributed by atoms with Crippen LogP contribution in [0.5, 0.6) is 0 Å². The van der Waals surface area contributed by atoms with Gasteiger partial charge in [-0.3, -0.25) is 0 Å². The van der Waals surface area contributed by atoms with Crippen LogP contribution in [0.15, 0.2) is 60.7 Å². The molecule has 1 N–H and O–H groups in total. The van der Waals surface area contributed by atoms with Crippen LogP contribution in [0.3, 0.4) is 0 Å². The molecule has 3 nitrogen and oxygen atoms in total. The summed E-state index contributed by atoms with van der Waals surface area (Å²) in [4.78, 5) is 9.57. The second kappa shape index (κ2) is 13.4. The molecule has 234 valence electrons. The second-order valence-corrected chi connectivity index (χ2v) is 10.9. The fraction of sp³-hybridized carbons (Fsp3) is 0.394. The van der Waals surface area contributed by atoms with E-state index in [9.17, 15) is 31.4 Å². The molecule has 43 heavy (non-hydrogen) atoms. The highest BCUT2D eigenvalue weighted by atomic mass is 35.5. The first-order valence-corrected chi connectivity index (χ1v) is 14.1. The lowest BCUT2D eigenvalue weighted by atomic mass is 9.69. The molecule has 0 aliphatic rings. The lowest BCUT2D eigenvalue weighted by molar-refractivity contribution is -0.347. The van der Waals surface area contributed by atoms with Gasteiger partial charge in [-0.2, -0.15) is 26.3 Å². The third-order valence-electron chi connectivity index (χ3n) is 8.11. The minimum absolute atomic E-state index is 0.136. The van der Waals surface area contributed by atoms with Crippen LogP contribution in [0.25, 0.3) is 17.2 Å². The maximum Gasteiger partial charge on any atom is 0.430 e. The SMILES string of the molecule is CCC(CC)(c1ccc(/C=C/C(O)(C(F)(F)F)C(F)(F)F)c(C)c1)c1ccc(-c2ccc(CCOOC)c(Cl)c2)c(C)c1. The van der Waals surface area contributed by atoms with E-state index in [0.717, 1.165) is 33.4 Å². The Morgan fingerprint density at radius 3 is 1.88 bits per heavy atom. The zero-order valence-electron chi connectivity index (χ0n) is 24.6. The molecule has 0 spiro atoms. The van der Waals surface area contributed by atoms with E-state index in [1.165, 1.54) is 13.2 Å². The highest BCUT2D eigenvalue weighted by molar-refractivity contribution is 6.31. The number of halogens is 7. The Balaban J connectivity index is 1.98. The molecule has 10 heteroatoms. The Morgan fingerprint density at radius 1 is 0.814 bits per heavy atom. The van der Waals surface area contributed by atoms with Crippen molar-refractivity contribution in [2.24, 2.45) is 0 Å². The van der Waals surface area contributed by atoms with Crippen LogP contribution in [0.1, 0.15) is 60.1 Å². The molecule has 0 aliphatic heterocycles. The predicted molar refractivity (Wildman–Crippen MR) is 157 cm³/mol. The zero-order chi connectivity index (χ0) is 32.2. The fourth-order valence-corrected chi connectivity index (χ4v) is 5.67. The van der Waals surface area contributed by atoms with E-state index in [-0.39, 0.29) is 11.6 Å². The topological polar surface area (TPSA) is 38.7 Å². The van der Waals surface area contributed by atoms with Crippen molar-refractivity contribution in [3.8, 4) is 11.1 Å². The smallest absolute Gasteiger partial charge is 0.370 e. The molecule has 3 aromatic rings. The van der Waals surface area contributed by atoms with Crippen molar-refractivity contribution in [1.29, 1.82) is 0 Å². The van der Waals surface area contributed by atoms with E-state index in [4.69, 9.17) is 16.5 Å². The van der Waals surface area contributed by atoms with Crippen molar-refractivity contribution >= 4 is 17.7 Å². The van der Waals surface area contributed by atoms with Gasteiger partial charge in [0.2, 0.25) is 0 Å². The van der Waals surface area contributed by atoms with Crippen molar-refractivity contribution in [2.45, 2.75) is 70.3 Å². The predicted octanol–water partition coefficient (Wildman–Crippen LogP) is 9.72. The first kappa shape index (κ1) is 34.6. The van der Waals surface area contributed by atoms with Gasteiger partial charge in [-0.1, -0.05) is 80.1 Å². The maximum atomic E-state index is 13.1. The number of rotatable bonds is 11. The highest BCUT2D eigenvalue weighted by Gasteiger charge is 2.68. The normalized spacial score (nSPS) is 13.2. The molecule has 0 saturated heterocycles. The van der Waals surface area contributed by atoms with Crippen LogP contribution in [0.2, 0.25) is 5.02 Å². The summed E-state index contributed by atoms with van der Waals surface area (Å²) in [5, 5.41) is 10.1. The van der Waals surface area contributed by atoms with Crippen LogP contribution in [-0.2, 0) is 21.6 Å². The molecule has 3 aromatic carbocycles. The van der Waals surface area contributed by atoms with Gasteiger partial charge >= 0.3 is 12.4 Å². The summed E-state index contributed by atoms with van der Waals surface area (Å²) in [6, 6.07) is 17.0. The van der Waals surface area contributed by atoms with Gasteiger partial charge < -0.3 is 5.11 Å². The number of benzene rings is 3. The third kappa shape index (κ3) is 7.11. The van der Waals surface area contributed by atoms with E-state index < -0.39 is 23.4 Å². The molecule has 0 heterocycles. The Bertz CT molecular complexity index is 1430. The van der Waals surface area contributed by atoms with Gasteiger partial charge in [0.15, 0.2) is 0 Å². The molecule has 0 radical (unpaired) electrons. The average Bonchev–Trinajstić information content (AvgIpc) is 2.93. The fourth-order valence-electron chi connectivity index (χ4n) is 5.39. The van der Waals surface area contributed by atoms with E-state index in [1.54, 1.807) is 19.1 Å². The molecule has 0 aliphatic carbocycles. The molecule has 0 amide bonds. The monoisotopic (exact) mass is 628 g/mol. The Hall–Kier alpha value is -2.85. The highest BCUT2D eigenvalue weighted by Crippen LogP contribution is 2.45. The molecule has 0 unspecified atom stereocenters.